The molecule has 1 aliphatic carbocycles. The van der Waals surface area contributed by atoms with E-state index in [1.54, 1.807) is 6.20 Å². The van der Waals surface area contributed by atoms with Crippen LogP contribution in [0.25, 0.3) is 0 Å². The highest BCUT2D eigenvalue weighted by Crippen LogP contribution is 2.48. The zero-order valence-electron chi connectivity index (χ0n) is 13.8. The molecule has 1 fully saturated rings. The van der Waals surface area contributed by atoms with Gasteiger partial charge in [-0.2, -0.15) is 0 Å². The molecule has 126 valence electrons. The number of benzene rings is 1. The summed E-state index contributed by atoms with van der Waals surface area (Å²) in [5, 5.41) is 12.6. The van der Waals surface area contributed by atoms with Gasteiger partial charge in [-0.1, -0.05) is 36.4 Å². The molecule has 24 heavy (non-hydrogen) atoms. The minimum absolute atomic E-state index is 0.00336. The van der Waals surface area contributed by atoms with Crippen LogP contribution in [0.1, 0.15) is 24.1 Å². The molecule has 3 rings (SSSR count). The fraction of sp³-hybridized carbons (Fsp3) is 0.400. The Balaban J connectivity index is 1.52. The third kappa shape index (κ3) is 4.20. The van der Waals surface area contributed by atoms with Crippen molar-refractivity contribution < 1.29 is 9.90 Å². The molecule has 0 radical (unpaired) electrons. The van der Waals surface area contributed by atoms with Gasteiger partial charge in [0.25, 0.3) is 0 Å². The number of nitrogens with zero attached hydrogens (tertiary/aromatic N) is 1. The third-order valence-electron chi connectivity index (χ3n) is 4.75. The topological polar surface area (TPSA) is 62.2 Å². The minimum Gasteiger partial charge on any atom is -0.396 e. The van der Waals surface area contributed by atoms with E-state index in [-0.39, 0.29) is 23.8 Å². The molecule has 0 spiro atoms. The fourth-order valence-corrected chi connectivity index (χ4v) is 3.06. The summed E-state index contributed by atoms with van der Waals surface area (Å²) in [5.74, 6) is 0.113. The number of aliphatic hydroxyl groups is 1. The second-order valence-corrected chi connectivity index (χ2v) is 6.73. The fourth-order valence-electron chi connectivity index (χ4n) is 3.06. The summed E-state index contributed by atoms with van der Waals surface area (Å²) in [4.78, 5) is 16.9. The second-order valence-electron chi connectivity index (χ2n) is 6.73. The van der Waals surface area contributed by atoms with E-state index in [2.05, 4.69) is 22.4 Å². The Morgan fingerprint density at radius 1 is 1.17 bits per heavy atom. The number of nitrogens with one attached hydrogen (secondary N) is 1. The first-order chi connectivity index (χ1) is 11.7. The second kappa shape index (κ2) is 7.58. The van der Waals surface area contributed by atoms with E-state index in [1.165, 1.54) is 5.56 Å². The lowest BCUT2D eigenvalue weighted by Gasteiger charge is -2.19. The zero-order chi connectivity index (χ0) is 16.8. The summed E-state index contributed by atoms with van der Waals surface area (Å²) in [6.45, 7) is 0.533. The van der Waals surface area contributed by atoms with Crippen molar-refractivity contribution in [2.24, 2.45) is 11.3 Å². The van der Waals surface area contributed by atoms with Gasteiger partial charge in [0, 0.05) is 31.0 Å². The predicted octanol–water partition coefficient (Wildman–Crippen LogP) is 2.37. The number of amides is 1. The lowest BCUT2D eigenvalue weighted by Crippen LogP contribution is -2.38. The summed E-state index contributed by atoms with van der Waals surface area (Å²) >= 11 is 0. The van der Waals surface area contributed by atoms with Crippen LogP contribution in [0.5, 0.6) is 0 Å². The van der Waals surface area contributed by atoms with Gasteiger partial charge < -0.3 is 10.4 Å². The molecular formula is C20H24N2O2. The molecule has 0 aliphatic heterocycles. The molecule has 0 saturated heterocycles. The summed E-state index contributed by atoms with van der Waals surface area (Å²) < 4.78 is 0. The van der Waals surface area contributed by atoms with Crippen LogP contribution >= 0.6 is 0 Å². The van der Waals surface area contributed by atoms with Gasteiger partial charge >= 0.3 is 0 Å². The van der Waals surface area contributed by atoms with Crippen molar-refractivity contribution in [2.75, 3.05) is 13.2 Å². The van der Waals surface area contributed by atoms with E-state index in [0.717, 1.165) is 25.0 Å². The van der Waals surface area contributed by atoms with Crippen molar-refractivity contribution in [3.63, 3.8) is 0 Å². The van der Waals surface area contributed by atoms with Crippen LogP contribution in [0.2, 0.25) is 0 Å². The van der Waals surface area contributed by atoms with Gasteiger partial charge in [-0.15, -0.1) is 0 Å². The summed E-state index contributed by atoms with van der Waals surface area (Å²) in [6, 6.07) is 15.9. The van der Waals surface area contributed by atoms with Gasteiger partial charge in [-0.3, -0.25) is 9.78 Å². The first-order valence-corrected chi connectivity index (χ1v) is 8.55. The number of carbonyl (C=O) groups is 1. The van der Waals surface area contributed by atoms with Gasteiger partial charge in [-0.05, 0) is 43.4 Å². The molecule has 2 N–H and O–H groups in total. The molecule has 1 unspecified atom stereocenters. The molecule has 1 saturated carbocycles. The van der Waals surface area contributed by atoms with E-state index >= 15 is 0 Å². The lowest BCUT2D eigenvalue weighted by molar-refractivity contribution is -0.126. The maximum absolute atomic E-state index is 12.6. The molecule has 1 aliphatic rings. The van der Waals surface area contributed by atoms with Gasteiger partial charge in [-0.25, -0.2) is 0 Å². The van der Waals surface area contributed by atoms with Gasteiger partial charge in [0.1, 0.15) is 0 Å². The molecule has 4 nitrogen and oxygen atoms in total. The Bertz CT molecular complexity index is 654. The molecule has 4 heteroatoms. The first kappa shape index (κ1) is 16.7. The number of hydrogen-bond donors (Lipinski definition) is 2. The smallest absolute Gasteiger partial charge is 0.226 e. The number of hydrogen-bond acceptors (Lipinski definition) is 3. The monoisotopic (exact) mass is 324 g/mol. The predicted molar refractivity (Wildman–Crippen MR) is 93.3 cm³/mol. The van der Waals surface area contributed by atoms with Crippen LogP contribution < -0.4 is 5.32 Å². The van der Waals surface area contributed by atoms with Crippen molar-refractivity contribution in [3.05, 3.63) is 66.0 Å². The third-order valence-corrected chi connectivity index (χ3v) is 4.75. The van der Waals surface area contributed by atoms with Crippen LogP contribution in [-0.4, -0.2) is 29.1 Å². The largest absolute Gasteiger partial charge is 0.396 e. The van der Waals surface area contributed by atoms with Crippen LogP contribution in [0, 0.1) is 11.3 Å². The van der Waals surface area contributed by atoms with E-state index in [0.29, 0.717) is 13.0 Å². The Morgan fingerprint density at radius 2 is 1.92 bits per heavy atom. The average molecular weight is 324 g/mol. The van der Waals surface area contributed by atoms with Gasteiger partial charge in [0.2, 0.25) is 5.91 Å². The number of pyridine rings is 1. The Labute approximate surface area is 142 Å². The van der Waals surface area contributed by atoms with Crippen LogP contribution in [0.15, 0.2) is 54.7 Å². The van der Waals surface area contributed by atoms with E-state index in [1.807, 2.05) is 36.4 Å². The summed E-state index contributed by atoms with van der Waals surface area (Å²) in [6.07, 6.45) is 5.10. The number of carbonyl (C=O) groups excluding carboxylic acids is 1. The van der Waals surface area contributed by atoms with Crippen molar-refractivity contribution >= 4 is 5.91 Å². The van der Waals surface area contributed by atoms with Crippen LogP contribution in [-0.2, 0) is 17.6 Å². The number of aliphatic hydroxyl groups excluding tert-OH is 1. The first-order valence-electron chi connectivity index (χ1n) is 8.55. The molecule has 1 aromatic heterocycles. The van der Waals surface area contributed by atoms with E-state index < -0.39 is 0 Å². The molecule has 1 amide bonds. The highest BCUT2D eigenvalue weighted by atomic mass is 16.3. The molecule has 0 bridgehead atoms. The standard InChI is InChI=1S/C20H24N2O2/c23-15-17(12-18-8-4-5-11-21-18)14-22-19(24)20(9-10-20)13-16-6-2-1-3-7-16/h1-8,11,17,23H,9-10,12-15H2,(H,22,24). The van der Waals surface area contributed by atoms with E-state index in [4.69, 9.17) is 0 Å². The average Bonchev–Trinajstić information content (AvgIpc) is 3.41. The number of rotatable bonds is 8. The van der Waals surface area contributed by atoms with Crippen molar-refractivity contribution in [2.45, 2.75) is 25.7 Å². The van der Waals surface area contributed by atoms with Gasteiger partial charge in [0.15, 0.2) is 0 Å². The Morgan fingerprint density at radius 3 is 2.54 bits per heavy atom. The highest BCUT2D eigenvalue weighted by Gasteiger charge is 2.49. The SMILES string of the molecule is O=C(NCC(CO)Cc1ccccn1)C1(Cc2ccccc2)CC1. The zero-order valence-corrected chi connectivity index (χ0v) is 13.8. The van der Waals surface area contributed by atoms with Crippen LogP contribution in [0.3, 0.4) is 0 Å². The van der Waals surface area contributed by atoms with Crippen molar-refractivity contribution in [3.8, 4) is 0 Å². The lowest BCUT2D eigenvalue weighted by atomic mass is 9.95. The van der Waals surface area contributed by atoms with Crippen LogP contribution in [0.4, 0.5) is 0 Å². The molecule has 2 aromatic rings. The maximum Gasteiger partial charge on any atom is 0.226 e. The number of aromatic nitrogens is 1. The van der Waals surface area contributed by atoms with Gasteiger partial charge in [0.05, 0.1) is 5.41 Å². The highest BCUT2D eigenvalue weighted by molar-refractivity contribution is 5.85. The Hall–Kier alpha value is -2.20. The summed E-state index contributed by atoms with van der Waals surface area (Å²) in [5.41, 5.74) is 1.90. The molecule has 1 heterocycles. The van der Waals surface area contributed by atoms with E-state index in [9.17, 15) is 9.90 Å². The van der Waals surface area contributed by atoms with Crippen molar-refractivity contribution in [1.29, 1.82) is 0 Å². The quantitative estimate of drug-likeness (QED) is 0.784. The van der Waals surface area contributed by atoms with Crippen molar-refractivity contribution in [1.82, 2.24) is 10.3 Å². The Kier molecular flexibility index (Phi) is 5.26. The normalized spacial score (nSPS) is 16.4. The minimum atomic E-state index is -0.244. The molecule has 1 atom stereocenters. The molecule has 1 aromatic carbocycles. The molecular weight excluding hydrogens is 300 g/mol. The maximum atomic E-state index is 12.6. The summed E-state index contributed by atoms with van der Waals surface area (Å²) in [7, 11) is 0.